The van der Waals surface area contributed by atoms with E-state index in [1.54, 1.807) is 13.2 Å². The lowest BCUT2D eigenvalue weighted by atomic mass is 9.75. The Balaban J connectivity index is 2.91. The first-order chi connectivity index (χ1) is 11.5. The van der Waals surface area contributed by atoms with Gasteiger partial charge in [-0.2, -0.15) is 0 Å². The monoisotopic (exact) mass is 340 g/mol. The van der Waals surface area contributed by atoms with E-state index in [9.17, 15) is 8.78 Å². The summed E-state index contributed by atoms with van der Waals surface area (Å²) in [5.41, 5.74) is 0.206. The Morgan fingerprint density at radius 2 is 1.58 bits per heavy atom. The van der Waals surface area contributed by atoms with Crippen molar-refractivity contribution in [3.05, 3.63) is 35.4 Å². The van der Waals surface area contributed by atoms with Crippen LogP contribution in [0.15, 0.2) is 18.2 Å². The minimum absolute atomic E-state index is 0.0377. The summed E-state index contributed by atoms with van der Waals surface area (Å²) in [6.45, 7) is 6.38. The van der Waals surface area contributed by atoms with Crippen molar-refractivity contribution in [1.82, 2.24) is 0 Å². The molecule has 0 fully saturated rings. The molecule has 0 amide bonds. The van der Waals surface area contributed by atoms with Crippen LogP contribution < -0.4 is 0 Å². The van der Waals surface area contributed by atoms with E-state index in [2.05, 4.69) is 20.8 Å². The molecule has 1 nitrogen and oxygen atoms in total. The van der Waals surface area contributed by atoms with Crippen molar-refractivity contribution in [2.75, 3.05) is 7.11 Å². The zero-order valence-corrected chi connectivity index (χ0v) is 15.8. The van der Waals surface area contributed by atoms with E-state index in [1.165, 1.54) is 31.7 Å². The van der Waals surface area contributed by atoms with Crippen LogP contribution in [-0.2, 0) is 4.74 Å². The molecule has 0 radical (unpaired) electrons. The molecule has 1 rings (SSSR count). The van der Waals surface area contributed by atoms with Crippen molar-refractivity contribution in [1.29, 1.82) is 0 Å². The molecule has 0 aliphatic carbocycles. The standard InChI is InChI=1S/C21H34F2O/c1-5-8-9-10-11-12-13-19(21(6-2,7-3)24-4)18-15-14-17(22)16-20(18)23/h14-16,19H,5-13H2,1-4H3. The minimum atomic E-state index is -0.523. The summed E-state index contributed by atoms with van der Waals surface area (Å²) in [6.07, 6.45) is 9.74. The molecule has 0 aliphatic rings. The van der Waals surface area contributed by atoms with E-state index in [0.717, 1.165) is 38.2 Å². The SMILES string of the molecule is CCCCCCCCC(c1ccc(F)cc1F)C(CC)(CC)OC. The molecule has 3 heteroatoms. The summed E-state index contributed by atoms with van der Waals surface area (Å²) in [6, 6.07) is 3.96. The lowest BCUT2D eigenvalue weighted by Crippen LogP contribution is -2.38. The second-order valence-electron chi connectivity index (χ2n) is 6.75. The molecule has 0 N–H and O–H groups in total. The Morgan fingerprint density at radius 3 is 2.12 bits per heavy atom. The highest BCUT2D eigenvalue weighted by molar-refractivity contribution is 5.26. The summed E-state index contributed by atoms with van der Waals surface area (Å²) in [5, 5.41) is 0. The average molecular weight is 340 g/mol. The molecule has 0 spiro atoms. The van der Waals surface area contributed by atoms with Crippen LogP contribution in [0.2, 0.25) is 0 Å². The van der Waals surface area contributed by atoms with Crippen LogP contribution in [0, 0.1) is 11.6 Å². The number of hydrogen-bond acceptors (Lipinski definition) is 1. The van der Waals surface area contributed by atoms with E-state index in [0.29, 0.717) is 5.56 Å². The van der Waals surface area contributed by atoms with Crippen LogP contribution in [0.5, 0.6) is 0 Å². The fourth-order valence-corrected chi connectivity index (χ4v) is 3.79. The van der Waals surface area contributed by atoms with E-state index >= 15 is 0 Å². The largest absolute Gasteiger partial charge is 0.378 e. The van der Waals surface area contributed by atoms with Gasteiger partial charge in [0.2, 0.25) is 0 Å². The maximum atomic E-state index is 14.4. The molecular weight excluding hydrogens is 306 g/mol. The van der Waals surface area contributed by atoms with Crippen molar-refractivity contribution < 1.29 is 13.5 Å². The van der Waals surface area contributed by atoms with Crippen molar-refractivity contribution in [3.8, 4) is 0 Å². The van der Waals surface area contributed by atoms with Crippen molar-refractivity contribution in [2.24, 2.45) is 0 Å². The highest BCUT2D eigenvalue weighted by Crippen LogP contribution is 2.41. The lowest BCUT2D eigenvalue weighted by Gasteiger charge is -2.39. The van der Waals surface area contributed by atoms with Gasteiger partial charge in [-0.15, -0.1) is 0 Å². The van der Waals surface area contributed by atoms with Gasteiger partial charge >= 0.3 is 0 Å². The van der Waals surface area contributed by atoms with Crippen LogP contribution in [0.4, 0.5) is 8.78 Å². The van der Waals surface area contributed by atoms with Crippen LogP contribution in [0.1, 0.15) is 90.0 Å². The Hall–Kier alpha value is -0.960. The normalized spacial score (nSPS) is 13.2. The van der Waals surface area contributed by atoms with Gasteiger partial charge in [-0.1, -0.05) is 65.4 Å². The number of ether oxygens (including phenoxy) is 1. The van der Waals surface area contributed by atoms with Crippen LogP contribution in [-0.4, -0.2) is 12.7 Å². The van der Waals surface area contributed by atoms with E-state index < -0.39 is 11.6 Å². The Morgan fingerprint density at radius 1 is 0.958 bits per heavy atom. The fraction of sp³-hybridized carbons (Fsp3) is 0.714. The van der Waals surface area contributed by atoms with E-state index in [-0.39, 0.29) is 11.5 Å². The molecule has 1 aromatic carbocycles. The van der Waals surface area contributed by atoms with Gasteiger partial charge in [0.25, 0.3) is 0 Å². The molecule has 1 unspecified atom stereocenters. The first kappa shape index (κ1) is 21.1. The number of rotatable bonds is 12. The summed E-state index contributed by atoms with van der Waals surface area (Å²) in [4.78, 5) is 0. The highest BCUT2D eigenvalue weighted by Gasteiger charge is 2.37. The quantitative estimate of drug-likeness (QED) is 0.372. The van der Waals surface area contributed by atoms with E-state index in [1.807, 2.05) is 0 Å². The molecule has 0 heterocycles. The smallest absolute Gasteiger partial charge is 0.129 e. The van der Waals surface area contributed by atoms with Gasteiger partial charge in [-0.3, -0.25) is 0 Å². The second kappa shape index (κ2) is 10.8. The van der Waals surface area contributed by atoms with Crippen molar-refractivity contribution in [2.45, 2.75) is 90.1 Å². The average Bonchev–Trinajstić information content (AvgIpc) is 2.58. The maximum absolute atomic E-state index is 14.4. The third-order valence-electron chi connectivity index (χ3n) is 5.42. The number of methoxy groups -OCH3 is 1. The molecule has 0 bridgehead atoms. The van der Waals surface area contributed by atoms with Gasteiger partial charge in [0, 0.05) is 19.1 Å². The summed E-state index contributed by atoms with van der Waals surface area (Å²) >= 11 is 0. The maximum Gasteiger partial charge on any atom is 0.129 e. The molecule has 0 saturated heterocycles. The molecule has 138 valence electrons. The minimum Gasteiger partial charge on any atom is -0.378 e. The first-order valence-electron chi connectivity index (χ1n) is 9.54. The van der Waals surface area contributed by atoms with E-state index in [4.69, 9.17) is 4.74 Å². The van der Waals surface area contributed by atoms with Gasteiger partial charge in [0.05, 0.1) is 5.60 Å². The van der Waals surface area contributed by atoms with Crippen LogP contribution >= 0.6 is 0 Å². The molecule has 0 aliphatic heterocycles. The summed E-state index contributed by atoms with van der Waals surface area (Å²) in [7, 11) is 1.71. The first-order valence-corrected chi connectivity index (χ1v) is 9.54. The zero-order chi connectivity index (χ0) is 18.0. The summed E-state index contributed by atoms with van der Waals surface area (Å²) in [5.74, 6) is -1.01. The molecule has 1 aromatic rings. The predicted octanol–water partition coefficient (Wildman–Crippen LogP) is 7.00. The molecule has 1 atom stereocenters. The fourth-order valence-electron chi connectivity index (χ4n) is 3.79. The molecule has 0 aromatic heterocycles. The summed E-state index contributed by atoms with van der Waals surface area (Å²) < 4.78 is 33.6. The third-order valence-corrected chi connectivity index (χ3v) is 5.42. The number of unbranched alkanes of at least 4 members (excludes halogenated alkanes) is 5. The topological polar surface area (TPSA) is 9.23 Å². The second-order valence-corrected chi connectivity index (χ2v) is 6.75. The van der Waals surface area contributed by atoms with Gasteiger partial charge in [0.1, 0.15) is 11.6 Å². The third kappa shape index (κ3) is 5.54. The number of benzene rings is 1. The Bertz CT molecular complexity index is 461. The Labute approximate surface area is 146 Å². The van der Waals surface area contributed by atoms with Gasteiger partial charge in [0.15, 0.2) is 0 Å². The number of hydrogen-bond donors (Lipinski definition) is 0. The van der Waals surface area contributed by atoms with Gasteiger partial charge in [-0.05, 0) is 30.9 Å². The Kier molecular flexibility index (Phi) is 9.50. The predicted molar refractivity (Wildman–Crippen MR) is 97.4 cm³/mol. The van der Waals surface area contributed by atoms with Crippen molar-refractivity contribution >= 4 is 0 Å². The molecule has 0 saturated carbocycles. The van der Waals surface area contributed by atoms with Gasteiger partial charge < -0.3 is 4.74 Å². The highest BCUT2D eigenvalue weighted by atomic mass is 19.1. The lowest BCUT2D eigenvalue weighted by molar-refractivity contribution is -0.0433. The number of halogens is 2. The zero-order valence-electron chi connectivity index (χ0n) is 15.8. The van der Waals surface area contributed by atoms with Crippen LogP contribution in [0.3, 0.4) is 0 Å². The van der Waals surface area contributed by atoms with Crippen molar-refractivity contribution in [3.63, 3.8) is 0 Å². The van der Waals surface area contributed by atoms with Crippen LogP contribution in [0.25, 0.3) is 0 Å². The molecular formula is C21H34F2O. The van der Waals surface area contributed by atoms with Gasteiger partial charge in [-0.25, -0.2) is 8.78 Å². The molecule has 24 heavy (non-hydrogen) atoms.